The van der Waals surface area contributed by atoms with Gasteiger partial charge in [-0.25, -0.2) is 0 Å². The van der Waals surface area contributed by atoms with Crippen LogP contribution in [0.5, 0.6) is 0 Å². The molecular weight excluding hydrogens is 198 g/mol. The summed E-state index contributed by atoms with van der Waals surface area (Å²) < 4.78 is 0. The molecule has 2 nitrogen and oxygen atoms in total. The smallest absolute Gasteiger partial charge is 0.136 e. The molecule has 82 valence electrons. The standard InChI is InChI=1S/C14H15NO/c1-10-2-5-13(8-14(10)16)12-6-3-11(9-15)4-7-12/h3-4,6-7,10,13H,2,5,8H2,1H3/t10-,13+/m0/s1. The van der Waals surface area contributed by atoms with Crippen LogP contribution in [-0.2, 0) is 4.79 Å². The Morgan fingerprint density at radius 3 is 2.50 bits per heavy atom. The average molecular weight is 213 g/mol. The molecule has 1 aliphatic carbocycles. The van der Waals surface area contributed by atoms with Crippen LogP contribution in [0.1, 0.15) is 43.2 Å². The third-order valence-electron chi connectivity index (χ3n) is 3.46. The van der Waals surface area contributed by atoms with Crippen molar-refractivity contribution in [1.82, 2.24) is 0 Å². The van der Waals surface area contributed by atoms with Gasteiger partial charge in [0.1, 0.15) is 5.78 Å². The predicted molar refractivity (Wildman–Crippen MR) is 61.9 cm³/mol. The number of carbonyl (C=O) groups is 1. The number of Topliss-reactive ketones (excluding diaryl/α,β-unsaturated/α-hetero) is 1. The zero-order valence-corrected chi connectivity index (χ0v) is 9.44. The van der Waals surface area contributed by atoms with Crippen LogP contribution in [-0.4, -0.2) is 5.78 Å². The molecule has 0 unspecified atom stereocenters. The SMILES string of the molecule is C[C@H]1CC[C@@H](c2ccc(C#N)cc2)CC1=O. The third-order valence-corrected chi connectivity index (χ3v) is 3.46. The van der Waals surface area contributed by atoms with Crippen LogP contribution in [0.4, 0.5) is 0 Å². The number of hydrogen-bond acceptors (Lipinski definition) is 2. The number of nitriles is 1. The maximum Gasteiger partial charge on any atom is 0.136 e. The number of benzene rings is 1. The second kappa shape index (κ2) is 4.49. The fourth-order valence-corrected chi connectivity index (χ4v) is 2.27. The molecule has 0 aliphatic heterocycles. The Bertz CT molecular complexity index is 427. The number of hydrogen-bond donors (Lipinski definition) is 0. The second-order valence-corrected chi connectivity index (χ2v) is 4.58. The molecule has 1 aromatic carbocycles. The quantitative estimate of drug-likeness (QED) is 0.719. The molecule has 0 bridgehead atoms. The molecule has 1 aliphatic rings. The highest BCUT2D eigenvalue weighted by atomic mass is 16.1. The van der Waals surface area contributed by atoms with E-state index < -0.39 is 0 Å². The zero-order valence-electron chi connectivity index (χ0n) is 9.44. The van der Waals surface area contributed by atoms with Crippen LogP contribution in [0, 0.1) is 17.2 Å². The van der Waals surface area contributed by atoms with Gasteiger partial charge in [0.2, 0.25) is 0 Å². The Labute approximate surface area is 95.9 Å². The molecule has 16 heavy (non-hydrogen) atoms. The predicted octanol–water partition coefficient (Wildman–Crippen LogP) is 3.03. The van der Waals surface area contributed by atoms with Crippen molar-refractivity contribution in [3.05, 3.63) is 35.4 Å². The molecule has 0 aromatic heterocycles. The van der Waals surface area contributed by atoms with Crippen LogP contribution >= 0.6 is 0 Å². The van der Waals surface area contributed by atoms with Gasteiger partial charge in [-0.1, -0.05) is 19.1 Å². The van der Waals surface area contributed by atoms with Crippen LogP contribution in [0.3, 0.4) is 0 Å². The first kappa shape index (κ1) is 10.9. The monoisotopic (exact) mass is 213 g/mol. The van der Waals surface area contributed by atoms with Crippen molar-refractivity contribution in [3.63, 3.8) is 0 Å². The Kier molecular flexibility index (Phi) is 3.05. The molecule has 0 radical (unpaired) electrons. The maximum absolute atomic E-state index is 11.6. The maximum atomic E-state index is 11.6. The summed E-state index contributed by atoms with van der Waals surface area (Å²) in [6.45, 7) is 2.01. The highest BCUT2D eigenvalue weighted by Crippen LogP contribution is 2.33. The van der Waals surface area contributed by atoms with E-state index in [1.807, 2.05) is 31.2 Å². The van der Waals surface area contributed by atoms with Gasteiger partial charge in [0, 0.05) is 12.3 Å². The van der Waals surface area contributed by atoms with Crippen molar-refractivity contribution in [2.45, 2.75) is 32.1 Å². The number of nitrogens with zero attached hydrogens (tertiary/aromatic N) is 1. The highest BCUT2D eigenvalue weighted by molar-refractivity contribution is 5.82. The van der Waals surface area contributed by atoms with Gasteiger partial charge in [0.15, 0.2) is 0 Å². The summed E-state index contributed by atoms with van der Waals surface area (Å²) in [5.41, 5.74) is 1.87. The normalized spacial score (nSPS) is 25.1. The third kappa shape index (κ3) is 2.14. The van der Waals surface area contributed by atoms with Crippen molar-refractivity contribution in [3.8, 4) is 6.07 Å². The molecule has 2 atom stereocenters. The first-order valence-corrected chi connectivity index (χ1v) is 5.73. The Morgan fingerprint density at radius 1 is 1.25 bits per heavy atom. The lowest BCUT2D eigenvalue weighted by atomic mass is 9.78. The van der Waals surface area contributed by atoms with Gasteiger partial charge in [-0.3, -0.25) is 4.79 Å². The molecule has 1 saturated carbocycles. The Hall–Kier alpha value is -1.62. The highest BCUT2D eigenvalue weighted by Gasteiger charge is 2.26. The topological polar surface area (TPSA) is 40.9 Å². The lowest BCUT2D eigenvalue weighted by Gasteiger charge is -2.25. The fourth-order valence-electron chi connectivity index (χ4n) is 2.27. The summed E-state index contributed by atoms with van der Waals surface area (Å²) in [6.07, 6.45) is 2.73. The van der Waals surface area contributed by atoms with Crippen molar-refractivity contribution >= 4 is 5.78 Å². The van der Waals surface area contributed by atoms with E-state index in [0.717, 1.165) is 12.8 Å². The van der Waals surface area contributed by atoms with E-state index in [-0.39, 0.29) is 5.92 Å². The summed E-state index contributed by atoms with van der Waals surface area (Å²) in [7, 11) is 0. The second-order valence-electron chi connectivity index (χ2n) is 4.58. The molecule has 0 amide bonds. The molecule has 0 spiro atoms. The minimum atomic E-state index is 0.231. The van der Waals surface area contributed by atoms with Crippen molar-refractivity contribution in [1.29, 1.82) is 5.26 Å². The van der Waals surface area contributed by atoms with Crippen LogP contribution in [0.25, 0.3) is 0 Å². The van der Waals surface area contributed by atoms with Crippen molar-refractivity contribution in [2.75, 3.05) is 0 Å². The minimum Gasteiger partial charge on any atom is -0.299 e. The first-order valence-electron chi connectivity index (χ1n) is 5.73. The van der Waals surface area contributed by atoms with Gasteiger partial charge >= 0.3 is 0 Å². The first-order chi connectivity index (χ1) is 7.70. The zero-order chi connectivity index (χ0) is 11.5. The average Bonchev–Trinajstić information content (AvgIpc) is 2.33. The van der Waals surface area contributed by atoms with Crippen molar-refractivity contribution < 1.29 is 4.79 Å². The van der Waals surface area contributed by atoms with E-state index >= 15 is 0 Å². The van der Waals surface area contributed by atoms with Crippen LogP contribution in [0.2, 0.25) is 0 Å². The largest absolute Gasteiger partial charge is 0.299 e. The summed E-state index contributed by atoms with van der Waals surface area (Å²) in [4.78, 5) is 11.6. The van der Waals surface area contributed by atoms with E-state index in [1.54, 1.807) is 0 Å². The molecular formula is C14H15NO. The Balaban J connectivity index is 2.13. The lowest BCUT2D eigenvalue weighted by molar-refractivity contribution is -0.124. The summed E-state index contributed by atoms with van der Waals surface area (Å²) in [5.74, 6) is 0.965. The lowest BCUT2D eigenvalue weighted by Crippen LogP contribution is -2.21. The fraction of sp³-hybridized carbons (Fsp3) is 0.429. The number of ketones is 1. The summed E-state index contributed by atoms with van der Waals surface area (Å²) in [5, 5.41) is 8.71. The van der Waals surface area contributed by atoms with Crippen LogP contribution < -0.4 is 0 Å². The number of rotatable bonds is 1. The van der Waals surface area contributed by atoms with Gasteiger partial charge in [0.05, 0.1) is 11.6 Å². The van der Waals surface area contributed by atoms with E-state index in [2.05, 4.69) is 6.07 Å². The Morgan fingerprint density at radius 2 is 1.94 bits per heavy atom. The van der Waals surface area contributed by atoms with Gasteiger partial charge in [-0.2, -0.15) is 5.26 Å². The number of carbonyl (C=O) groups excluding carboxylic acids is 1. The molecule has 1 fully saturated rings. The van der Waals surface area contributed by atoms with E-state index in [4.69, 9.17) is 5.26 Å². The van der Waals surface area contributed by atoms with Crippen LogP contribution in [0.15, 0.2) is 24.3 Å². The van der Waals surface area contributed by atoms with Gasteiger partial charge in [-0.05, 0) is 36.5 Å². The molecule has 2 heteroatoms. The molecule has 1 aromatic rings. The van der Waals surface area contributed by atoms with E-state index in [9.17, 15) is 4.79 Å². The minimum absolute atomic E-state index is 0.231. The van der Waals surface area contributed by atoms with Gasteiger partial charge in [-0.15, -0.1) is 0 Å². The van der Waals surface area contributed by atoms with E-state index in [0.29, 0.717) is 23.7 Å². The van der Waals surface area contributed by atoms with Crippen molar-refractivity contribution in [2.24, 2.45) is 5.92 Å². The molecule has 0 saturated heterocycles. The van der Waals surface area contributed by atoms with Gasteiger partial charge in [0.25, 0.3) is 0 Å². The molecule has 0 heterocycles. The summed E-state index contributed by atoms with van der Waals surface area (Å²) >= 11 is 0. The van der Waals surface area contributed by atoms with E-state index in [1.165, 1.54) is 5.56 Å². The summed E-state index contributed by atoms with van der Waals surface area (Å²) in [6, 6.07) is 9.73. The van der Waals surface area contributed by atoms with Gasteiger partial charge < -0.3 is 0 Å². The molecule has 0 N–H and O–H groups in total. The molecule has 2 rings (SSSR count).